The lowest BCUT2D eigenvalue weighted by Gasteiger charge is -2.15. The molecule has 1 aliphatic heterocycles. The highest BCUT2D eigenvalue weighted by Crippen LogP contribution is 2.28. The molecule has 17 heavy (non-hydrogen) atoms. The molecule has 0 unspecified atom stereocenters. The molecule has 2 aromatic rings. The number of nitrogens with zero attached hydrogens (tertiary/aromatic N) is 2. The molecule has 4 heteroatoms. The molecule has 3 rings (SSSR count). The van der Waals surface area contributed by atoms with Crippen LogP contribution in [0, 0.1) is 0 Å². The molecule has 1 aromatic carbocycles. The van der Waals surface area contributed by atoms with E-state index in [9.17, 15) is 4.79 Å². The monoisotopic (exact) mass is 228 g/mol. The molecule has 4 nitrogen and oxygen atoms in total. The Labute approximate surface area is 98.8 Å². The van der Waals surface area contributed by atoms with Gasteiger partial charge in [0.2, 0.25) is 0 Å². The molecule has 1 aromatic heterocycles. The fraction of sp³-hybridized carbons (Fsp3) is 0.231. The quantitative estimate of drug-likeness (QED) is 0.737. The number of aromatic nitrogens is 2. The van der Waals surface area contributed by atoms with Gasteiger partial charge in [-0.3, -0.25) is 9.48 Å². The summed E-state index contributed by atoms with van der Waals surface area (Å²) in [7, 11) is 0. The average Bonchev–Trinajstić information content (AvgIpc) is 2.78. The van der Waals surface area contributed by atoms with E-state index in [0.717, 1.165) is 23.1 Å². The van der Waals surface area contributed by atoms with Crippen LogP contribution in [-0.2, 0) is 17.9 Å². The normalized spacial score (nSPS) is 14.4. The Kier molecular flexibility index (Phi) is 2.49. The third-order valence-corrected chi connectivity index (χ3v) is 2.95. The van der Waals surface area contributed by atoms with Crippen molar-refractivity contribution < 1.29 is 9.53 Å². The first-order valence-electron chi connectivity index (χ1n) is 5.58. The molecule has 0 saturated heterocycles. The first kappa shape index (κ1) is 10.2. The second-order valence-corrected chi connectivity index (χ2v) is 3.97. The van der Waals surface area contributed by atoms with Crippen LogP contribution in [0.25, 0.3) is 11.1 Å². The average molecular weight is 228 g/mol. The summed E-state index contributed by atoms with van der Waals surface area (Å²) in [4.78, 5) is 11.1. The first-order chi connectivity index (χ1) is 8.40. The van der Waals surface area contributed by atoms with E-state index in [1.165, 1.54) is 0 Å². The summed E-state index contributed by atoms with van der Waals surface area (Å²) in [6.45, 7) is 1.88. The van der Waals surface area contributed by atoms with Gasteiger partial charge in [0.05, 0.1) is 25.5 Å². The molecule has 0 spiro atoms. The van der Waals surface area contributed by atoms with Gasteiger partial charge in [-0.1, -0.05) is 30.3 Å². The lowest BCUT2D eigenvalue weighted by Crippen LogP contribution is -2.17. The number of aldehydes is 1. The molecular weight excluding hydrogens is 216 g/mol. The SMILES string of the molecule is O=Cc1nn2c(c1-c1ccccc1)COCC2. The maximum atomic E-state index is 11.1. The van der Waals surface area contributed by atoms with E-state index in [1.54, 1.807) is 0 Å². The topological polar surface area (TPSA) is 44.1 Å². The summed E-state index contributed by atoms with van der Waals surface area (Å²) >= 11 is 0. The van der Waals surface area contributed by atoms with Gasteiger partial charge in [0.15, 0.2) is 6.29 Å². The van der Waals surface area contributed by atoms with Gasteiger partial charge in [0, 0.05) is 5.56 Å². The highest BCUT2D eigenvalue weighted by Gasteiger charge is 2.21. The smallest absolute Gasteiger partial charge is 0.170 e. The zero-order chi connectivity index (χ0) is 11.7. The number of hydrogen-bond acceptors (Lipinski definition) is 3. The Morgan fingerprint density at radius 3 is 2.88 bits per heavy atom. The van der Waals surface area contributed by atoms with Crippen molar-refractivity contribution in [1.82, 2.24) is 9.78 Å². The van der Waals surface area contributed by atoms with Crippen LogP contribution >= 0.6 is 0 Å². The maximum Gasteiger partial charge on any atom is 0.170 e. The molecule has 0 amide bonds. The van der Waals surface area contributed by atoms with Crippen LogP contribution in [0.1, 0.15) is 16.2 Å². The Morgan fingerprint density at radius 1 is 1.29 bits per heavy atom. The van der Waals surface area contributed by atoms with E-state index in [2.05, 4.69) is 5.10 Å². The lowest BCUT2D eigenvalue weighted by molar-refractivity contribution is 0.0803. The van der Waals surface area contributed by atoms with Gasteiger partial charge >= 0.3 is 0 Å². The van der Waals surface area contributed by atoms with Gasteiger partial charge in [0.25, 0.3) is 0 Å². The maximum absolute atomic E-state index is 11.1. The summed E-state index contributed by atoms with van der Waals surface area (Å²) in [6, 6.07) is 9.84. The van der Waals surface area contributed by atoms with Gasteiger partial charge in [-0.2, -0.15) is 5.10 Å². The minimum Gasteiger partial charge on any atom is -0.373 e. The molecular formula is C13H12N2O2. The highest BCUT2D eigenvalue weighted by molar-refractivity contribution is 5.86. The van der Waals surface area contributed by atoms with E-state index in [0.29, 0.717) is 25.5 Å². The summed E-state index contributed by atoms with van der Waals surface area (Å²) in [6.07, 6.45) is 0.813. The van der Waals surface area contributed by atoms with Gasteiger partial charge < -0.3 is 4.74 Å². The van der Waals surface area contributed by atoms with E-state index in [1.807, 2.05) is 35.0 Å². The van der Waals surface area contributed by atoms with Crippen molar-refractivity contribution in [3.8, 4) is 11.1 Å². The van der Waals surface area contributed by atoms with Gasteiger partial charge in [-0.25, -0.2) is 0 Å². The second-order valence-electron chi connectivity index (χ2n) is 3.97. The molecule has 0 radical (unpaired) electrons. The van der Waals surface area contributed by atoms with Crippen molar-refractivity contribution >= 4 is 6.29 Å². The molecule has 2 heterocycles. The summed E-state index contributed by atoms with van der Waals surface area (Å²) < 4.78 is 7.31. The number of hydrogen-bond donors (Lipinski definition) is 0. The Bertz CT molecular complexity index is 546. The van der Waals surface area contributed by atoms with Crippen molar-refractivity contribution in [2.45, 2.75) is 13.2 Å². The summed E-state index contributed by atoms with van der Waals surface area (Å²) in [5, 5.41) is 4.31. The van der Waals surface area contributed by atoms with Gasteiger partial charge in [-0.15, -0.1) is 0 Å². The van der Waals surface area contributed by atoms with Crippen LogP contribution in [0.3, 0.4) is 0 Å². The van der Waals surface area contributed by atoms with Crippen LogP contribution in [-0.4, -0.2) is 22.7 Å². The van der Waals surface area contributed by atoms with E-state index in [-0.39, 0.29) is 0 Å². The van der Waals surface area contributed by atoms with Gasteiger partial charge in [-0.05, 0) is 5.56 Å². The van der Waals surface area contributed by atoms with Crippen molar-refractivity contribution in [1.29, 1.82) is 0 Å². The molecule has 86 valence electrons. The molecule has 0 saturated carbocycles. The van der Waals surface area contributed by atoms with Gasteiger partial charge in [0.1, 0.15) is 5.69 Å². The third-order valence-electron chi connectivity index (χ3n) is 2.95. The number of ether oxygens (including phenoxy) is 1. The van der Waals surface area contributed by atoms with Crippen molar-refractivity contribution in [3.05, 3.63) is 41.7 Å². The van der Waals surface area contributed by atoms with Crippen molar-refractivity contribution in [2.24, 2.45) is 0 Å². The van der Waals surface area contributed by atoms with Crippen LogP contribution < -0.4 is 0 Å². The molecule has 0 N–H and O–H groups in total. The molecule has 1 aliphatic rings. The molecule has 0 fully saturated rings. The highest BCUT2D eigenvalue weighted by atomic mass is 16.5. The number of carbonyl (C=O) groups is 1. The Hall–Kier alpha value is -1.94. The first-order valence-corrected chi connectivity index (χ1v) is 5.58. The Morgan fingerprint density at radius 2 is 2.12 bits per heavy atom. The molecule has 0 aliphatic carbocycles. The minimum atomic E-state index is 0.497. The number of carbonyl (C=O) groups excluding carboxylic acids is 1. The van der Waals surface area contributed by atoms with Crippen LogP contribution in [0.4, 0.5) is 0 Å². The number of benzene rings is 1. The number of fused-ring (bicyclic) bond motifs is 1. The predicted molar refractivity (Wildman–Crippen MR) is 62.7 cm³/mol. The van der Waals surface area contributed by atoms with Crippen LogP contribution in [0.5, 0.6) is 0 Å². The third kappa shape index (κ3) is 1.66. The van der Waals surface area contributed by atoms with Crippen molar-refractivity contribution in [3.63, 3.8) is 0 Å². The Balaban J connectivity index is 2.20. The minimum absolute atomic E-state index is 0.497. The second kappa shape index (κ2) is 4.14. The van der Waals surface area contributed by atoms with E-state index >= 15 is 0 Å². The van der Waals surface area contributed by atoms with Crippen LogP contribution in [0.15, 0.2) is 30.3 Å². The number of rotatable bonds is 2. The largest absolute Gasteiger partial charge is 0.373 e. The van der Waals surface area contributed by atoms with Crippen molar-refractivity contribution in [2.75, 3.05) is 6.61 Å². The predicted octanol–water partition coefficient (Wildman–Crippen LogP) is 1.89. The summed E-state index contributed by atoms with van der Waals surface area (Å²) in [5.74, 6) is 0. The molecule has 0 atom stereocenters. The fourth-order valence-corrected chi connectivity index (χ4v) is 2.17. The summed E-state index contributed by atoms with van der Waals surface area (Å²) in [5.41, 5.74) is 3.41. The lowest BCUT2D eigenvalue weighted by atomic mass is 10.0. The van der Waals surface area contributed by atoms with E-state index < -0.39 is 0 Å². The van der Waals surface area contributed by atoms with E-state index in [4.69, 9.17) is 4.74 Å². The zero-order valence-electron chi connectivity index (χ0n) is 9.30. The fourth-order valence-electron chi connectivity index (χ4n) is 2.17. The zero-order valence-corrected chi connectivity index (χ0v) is 9.30. The standard InChI is InChI=1S/C13H12N2O2/c16-8-11-13(10-4-2-1-3-5-10)12-9-17-7-6-15(12)14-11/h1-5,8H,6-7,9H2. The molecule has 0 bridgehead atoms. The van der Waals surface area contributed by atoms with Crippen LogP contribution in [0.2, 0.25) is 0 Å².